The SMILES string of the molecule is O=C(NCc1cccnc1)c1ccnc(C(=O)N2CCC3(CC2)OCCO3)c1. The van der Waals surface area contributed by atoms with Gasteiger partial charge in [0.15, 0.2) is 5.79 Å². The van der Waals surface area contributed by atoms with Crippen LogP contribution in [0.3, 0.4) is 0 Å². The summed E-state index contributed by atoms with van der Waals surface area (Å²) in [6.45, 7) is 2.65. The second kappa shape index (κ2) is 8.04. The number of pyridine rings is 2. The molecular weight excluding hydrogens is 360 g/mol. The summed E-state index contributed by atoms with van der Waals surface area (Å²) < 4.78 is 11.4. The summed E-state index contributed by atoms with van der Waals surface area (Å²) >= 11 is 0. The first-order valence-corrected chi connectivity index (χ1v) is 9.36. The van der Waals surface area contributed by atoms with Crippen LogP contribution < -0.4 is 5.32 Å². The molecular formula is C20H22N4O4. The van der Waals surface area contributed by atoms with Crippen LogP contribution in [0.25, 0.3) is 0 Å². The Morgan fingerprint density at radius 1 is 1.14 bits per heavy atom. The van der Waals surface area contributed by atoms with Gasteiger partial charge in [0, 0.05) is 56.6 Å². The van der Waals surface area contributed by atoms with Crippen molar-refractivity contribution in [2.75, 3.05) is 26.3 Å². The van der Waals surface area contributed by atoms with E-state index in [9.17, 15) is 9.59 Å². The quantitative estimate of drug-likeness (QED) is 0.859. The van der Waals surface area contributed by atoms with Crippen molar-refractivity contribution in [3.05, 3.63) is 59.7 Å². The van der Waals surface area contributed by atoms with Crippen molar-refractivity contribution in [1.29, 1.82) is 0 Å². The Morgan fingerprint density at radius 2 is 1.93 bits per heavy atom. The van der Waals surface area contributed by atoms with Crippen molar-refractivity contribution in [3.8, 4) is 0 Å². The summed E-state index contributed by atoms with van der Waals surface area (Å²) in [7, 11) is 0. The van der Waals surface area contributed by atoms with Gasteiger partial charge in [0.25, 0.3) is 11.8 Å². The van der Waals surface area contributed by atoms with Gasteiger partial charge < -0.3 is 19.7 Å². The summed E-state index contributed by atoms with van der Waals surface area (Å²) in [5, 5.41) is 2.83. The van der Waals surface area contributed by atoms with E-state index in [4.69, 9.17) is 9.47 Å². The number of amides is 2. The number of nitrogens with zero attached hydrogens (tertiary/aromatic N) is 3. The summed E-state index contributed by atoms with van der Waals surface area (Å²) in [5.41, 5.74) is 1.57. The van der Waals surface area contributed by atoms with Crippen LogP contribution in [0.1, 0.15) is 39.3 Å². The fourth-order valence-corrected chi connectivity index (χ4v) is 3.47. The van der Waals surface area contributed by atoms with Crippen molar-refractivity contribution < 1.29 is 19.1 Å². The molecule has 4 rings (SSSR count). The Kier molecular flexibility index (Phi) is 5.31. The summed E-state index contributed by atoms with van der Waals surface area (Å²) in [6, 6.07) is 6.83. The first kappa shape index (κ1) is 18.5. The molecule has 0 saturated carbocycles. The molecule has 2 aliphatic heterocycles. The maximum Gasteiger partial charge on any atom is 0.272 e. The van der Waals surface area contributed by atoms with E-state index in [2.05, 4.69) is 15.3 Å². The number of likely N-dealkylation sites (tertiary alicyclic amines) is 1. The molecule has 1 spiro atoms. The predicted octanol–water partition coefficient (Wildman–Crippen LogP) is 1.39. The number of hydrogen-bond acceptors (Lipinski definition) is 6. The second-order valence-corrected chi connectivity index (χ2v) is 6.87. The highest BCUT2D eigenvalue weighted by atomic mass is 16.7. The molecule has 2 saturated heterocycles. The van der Waals surface area contributed by atoms with Crippen molar-refractivity contribution in [2.45, 2.75) is 25.2 Å². The van der Waals surface area contributed by atoms with Gasteiger partial charge in [0.05, 0.1) is 13.2 Å². The minimum atomic E-state index is -0.530. The maximum absolute atomic E-state index is 12.8. The van der Waals surface area contributed by atoms with Crippen LogP contribution in [-0.4, -0.2) is 58.8 Å². The third-order valence-corrected chi connectivity index (χ3v) is 5.04. The molecule has 0 radical (unpaired) electrons. The van der Waals surface area contributed by atoms with Crippen LogP contribution in [0.5, 0.6) is 0 Å². The molecule has 1 N–H and O–H groups in total. The van der Waals surface area contributed by atoms with E-state index in [1.165, 1.54) is 12.3 Å². The van der Waals surface area contributed by atoms with E-state index in [1.54, 1.807) is 23.4 Å². The van der Waals surface area contributed by atoms with Crippen molar-refractivity contribution in [3.63, 3.8) is 0 Å². The van der Waals surface area contributed by atoms with E-state index in [0.717, 1.165) is 5.56 Å². The predicted molar refractivity (Wildman–Crippen MR) is 99.4 cm³/mol. The number of aromatic nitrogens is 2. The molecule has 2 aliphatic rings. The number of ether oxygens (including phenoxy) is 2. The molecule has 4 heterocycles. The average molecular weight is 382 g/mol. The van der Waals surface area contributed by atoms with Gasteiger partial charge in [-0.15, -0.1) is 0 Å². The molecule has 0 aromatic carbocycles. The van der Waals surface area contributed by atoms with E-state index < -0.39 is 5.79 Å². The highest BCUT2D eigenvalue weighted by Gasteiger charge is 2.41. The van der Waals surface area contributed by atoms with Crippen LogP contribution in [0.4, 0.5) is 0 Å². The average Bonchev–Trinajstić information content (AvgIpc) is 3.21. The molecule has 28 heavy (non-hydrogen) atoms. The van der Waals surface area contributed by atoms with E-state index in [1.807, 2.05) is 12.1 Å². The largest absolute Gasteiger partial charge is 0.348 e. The second-order valence-electron chi connectivity index (χ2n) is 6.87. The molecule has 146 valence electrons. The smallest absolute Gasteiger partial charge is 0.272 e. The van der Waals surface area contributed by atoms with Gasteiger partial charge in [-0.3, -0.25) is 19.6 Å². The molecule has 0 atom stereocenters. The Bertz CT molecular complexity index is 842. The first-order chi connectivity index (χ1) is 13.7. The molecule has 2 fully saturated rings. The van der Waals surface area contributed by atoms with Crippen molar-refractivity contribution >= 4 is 11.8 Å². The molecule has 0 bridgehead atoms. The molecule has 0 unspecified atom stereocenters. The van der Waals surface area contributed by atoms with E-state index >= 15 is 0 Å². The Hall–Kier alpha value is -2.84. The fraction of sp³-hybridized carbons (Fsp3) is 0.400. The van der Waals surface area contributed by atoms with Gasteiger partial charge in [-0.05, 0) is 23.8 Å². The Labute approximate surface area is 162 Å². The van der Waals surface area contributed by atoms with Crippen LogP contribution in [0.15, 0.2) is 42.9 Å². The minimum absolute atomic E-state index is 0.185. The van der Waals surface area contributed by atoms with Crippen molar-refractivity contribution in [2.24, 2.45) is 0 Å². The Morgan fingerprint density at radius 3 is 2.64 bits per heavy atom. The van der Waals surface area contributed by atoms with Gasteiger partial charge in [-0.2, -0.15) is 0 Å². The lowest BCUT2D eigenvalue weighted by atomic mass is 10.0. The van der Waals surface area contributed by atoms with Crippen LogP contribution in [0.2, 0.25) is 0 Å². The fourth-order valence-electron chi connectivity index (χ4n) is 3.47. The third kappa shape index (κ3) is 4.02. The number of carbonyl (C=O) groups excluding carboxylic acids is 2. The van der Waals surface area contributed by atoms with Crippen molar-refractivity contribution in [1.82, 2.24) is 20.2 Å². The summed E-state index contributed by atoms with van der Waals surface area (Å²) in [5.74, 6) is -0.974. The van der Waals surface area contributed by atoms with Gasteiger partial charge in [0.1, 0.15) is 5.69 Å². The molecule has 0 aliphatic carbocycles. The maximum atomic E-state index is 12.8. The number of piperidine rings is 1. The highest BCUT2D eigenvalue weighted by molar-refractivity contribution is 5.98. The van der Waals surface area contributed by atoms with Gasteiger partial charge >= 0.3 is 0 Å². The number of nitrogens with one attached hydrogen (secondary N) is 1. The number of hydrogen-bond donors (Lipinski definition) is 1. The zero-order valence-electron chi connectivity index (χ0n) is 15.5. The first-order valence-electron chi connectivity index (χ1n) is 9.36. The Balaban J connectivity index is 1.37. The monoisotopic (exact) mass is 382 g/mol. The van der Waals surface area contributed by atoms with Gasteiger partial charge in [0.2, 0.25) is 0 Å². The third-order valence-electron chi connectivity index (χ3n) is 5.04. The normalized spacial score (nSPS) is 18.2. The molecule has 2 aromatic rings. The zero-order chi connectivity index (χ0) is 19.4. The summed E-state index contributed by atoms with van der Waals surface area (Å²) in [4.78, 5) is 35.1. The number of rotatable bonds is 4. The lowest BCUT2D eigenvalue weighted by Gasteiger charge is -2.37. The topological polar surface area (TPSA) is 93.7 Å². The zero-order valence-corrected chi connectivity index (χ0v) is 15.5. The number of carbonyl (C=O) groups is 2. The van der Waals surface area contributed by atoms with E-state index in [0.29, 0.717) is 51.3 Å². The van der Waals surface area contributed by atoms with Gasteiger partial charge in [-0.1, -0.05) is 6.07 Å². The van der Waals surface area contributed by atoms with E-state index in [-0.39, 0.29) is 17.5 Å². The molecule has 2 aromatic heterocycles. The van der Waals surface area contributed by atoms with Crippen LogP contribution >= 0.6 is 0 Å². The highest BCUT2D eigenvalue weighted by Crippen LogP contribution is 2.31. The minimum Gasteiger partial charge on any atom is -0.348 e. The summed E-state index contributed by atoms with van der Waals surface area (Å²) in [6.07, 6.45) is 6.15. The molecule has 8 nitrogen and oxygen atoms in total. The van der Waals surface area contributed by atoms with Gasteiger partial charge in [-0.25, -0.2) is 0 Å². The molecule has 8 heteroatoms. The van der Waals surface area contributed by atoms with Crippen LogP contribution in [0, 0.1) is 0 Å². The molecule has 2 amide bonds. The lowest BCUT2D eigenvalue weighted by Crippen LogP contribution is -2.47. The van der Waals surface area contributed by atoms with Crippen LogP contribution in [-0.2, 0) is 16.0 Å². The standard InChI is InChI=1S/C20H22N4O4/c25-18(23-14-15-2-1-6-21-13-15)16-3-7-22-17(12-16)19(26)24-8-4-20(5-9-24)27-10-11-28-20/h1-3,6-7,12-13H,4-5,8-11,14H2,(H,23,25). The lowest BCUT2D eigenvalue weighted by molar-refractivity contribution is -0.181.